The Morgan fingerprint density at radius 2 is 1.89 bits per heavy atom. The number of phenolic OH excluding ortho intramolecular Hbond substituents is 1. The second-order valence-electron chi connectivity index (χ2n) is 5.45. The number of barbiturate groups is 1. The highest BCUT2D eigenvalue weighted by Gasteiger charge is 2.37. The number of rotatable bonds is 3. The maximum atomic E-state index is 12.7. The Balaban J connectivity index is 2.03. The van der Waals surface area contributed by atoms with Crippen LogP contribution in [0.5, 0.6) is 5.75 Å². The van der Waals surface area contributed by atoms with Gasteiger partial charge in [-0.2, -0.15) is 0 Å². The molecule has 0 radical (unpaired) electrons. The zero-order chi connectivity index (χ0) is 19.7. The standard InChI is InChI=1S/C17H10ClN3O6/c18-13-7-9(4-5-14(13)22)6-12-15(23)19-17(25)20(16(12)24)10-2-1-3-11(8-10)21(26)27/h1-8,22H,(H,19,23,25)/b12-6+. The molecular weight excluding hydrogens is 378 g/mol. The van der Waals surface area contributed by atoms with E-state index in [2.05, 4.69) is 0 Å². The number of nitrogens with zero attached hydrogens (tertiary/aromatic N) is 2. The first-order chi connectivity index (χ1) is 12.8. The maximum Gasteiger partial charge on any atom is 0.335 e. The van der Waals surface area contributed by atoms with Crippen LogP contribution in [-0.4, -0.2) is 27.9 Å². The van der Waals surface area contributed by atoms with Gasteiger partial charge in [-0.05, 0) is 29.8 Å². The van der Waals surface area contributed by atoms with Crippen molar-refractivity contribution in [2.45, 2.75) is 0 Å². The molecule has 1 saturated heterocycles. The van der Waals surface area contributed by atoms with Gasteiger partial charge in [0.2, 0.25) is 0 Å². The van der Waals surface area contributed by atoms with Crippen LogP contribution in [0.1, 0.15) is 5.56 Å². The Kier molecular flexibility index (Phi) is 4.61. The molecule has 4 amide bonds. The van der Waals surface area contributed by atoms with Crippen molar-refractivity contribution in [1.29, 1.82) is 0 Å². The van der Waals surface area contributed by atoms with E-state index in [0.717, 1.165) is 6.07 Å². The van der Waals surface area contributed by atoms with Crippen molar-refractivity contribution in [3.63, 3.8) is 0 Å². The minimum absolute atomic E-state index is 0.0135. The molecule has 3 rings (SSSR count). The average Bonchev–Trinajstić information content (AvgIpc) is 2.61. The van der Waals surface area contributed by atoms with Gasteiger partial charge in [-0.15, -0.1) is 0 Å². The van der Waals surface area contributed by atoms with Crippen LogP contribution < -0.4 is 10.2 Å². The summed E-state index contributed by atoms with van der Waals surface area (Å²) < 4.78 is 0. The predicted molar refractivity (Wildman–Crippen MR) is 95.2 cm³/mol. The fraction of sp³-hybridized carbons (Fsp3) is 0. The zero-order valence-corrected chi connectivity index (χ0v) is 14.1. The number of non-ortho nitro benzene ring substituents is 1. The third-order valence-corrected chi connectivity index (χ3v) is 3.99. The Morgan fingerprint density at radius 1 is 1.15 bits per heavy atom. The van der Waals surface area contributed by atoms with Crippen molar-refractivity contribution in [3.8, 4) is 5.75 Å². The summed E-state index contributed by atoms with van der Waals surface area (Å²) in [5.74, 6) is -2.05. The molecule has 2 aromatic rings. The summed E-state index contributed by atoms with van der Waals surface area (Å²) in [5.41, 5.74) is -0.415. The van der Waals surface area contributed by atoms with Crippen LogP contribution in [-0.2, 0) is 9.59 Å². The molecule has 1 fully saturated rings. The van der Waals surface area contributed by atoms with Gasteiger partial charge in [0.1, 0.15) is 11.3 Å². The molecule has 0 bridgehead atoms. The van der Waals surface area contributed by atoms with Crippen LogP contribution in [0, 0.1) is 10.1 Å². The summed E-state index contributed by atoms with van der Waals surface area (Å²) in [6, 6.07) is 7.90. The summed E-state index contributed by atoms with van der Waals surface area (Å²) in [4.78, 5) is 47.8. The molecule has 27 heavy (non-hydrogen) atoms. The number of hydrogen-bond donors (Lipinski definition) is 2. The van der Waals surface area contributed by atoms with Crippen LogP contribution in [0.3, 0.4) is 0 Å². The highest BCUT2D eigenvalue weighted by atomic mass is 35.5. The van der Waals surface area contributed by atoms with E-state index in [1.54, 1.807) is 0 Å². The fourth-order valence-electron chi connectivity index (χ4n) is 2.42. The van der Waals surface area contributed by atoms with Crippen molar-refractivity contribution in [3.05, 3.63) is 68.7 Å². The normalized spacial score (nSPS) is 15.8. The first-order valence-electron chi connectivity index (χ1n) is 7.42. The molecule has 1 heterocycles. The summed E-state index contributed by atoms with van der Waals surface area (Å²) >= 11 is 5.81. The van der Waals surface area contributed by atoms with E-state index in [0.29, 0.717) is 10.5 Å². The number of carbonyl (C=O) groups is 3. The monoisotopic (exact) mass is 387 g/mol. The van der Waals surface area contributed by atoms with Crippen molar-refractivity contribution in [2.75, 3.05) is 4.90 Å². The number of halogens is 1. The number of nitro benzene ring substituents is 1. The number of anilines is 1. The highest BCUT2D eigenvalue weighted by molar-refractivity contribution is 6.39. The van der Waals surface area contributed by atoms with Gasteiger partial charge in [0.05, 0.1) is 15.6 Å². The van der Waals surface area contributed by atoms with Crippen LogP contribution in [0.25, 0.3) is 6.08 Å². The lowest BCUT2D eigenvalue weighted by molar-refractivity contribution is -0.384. The SMILES string of the molecule is O=C1NC(=O)N(c2cccc([N+](=O)[O-])c2)C(=O)/C1=C/c1ccc(O)c(Cl)c1. The van der Waals surface area contributed by atoms with E-state index >= 15 is 0 Å². The lowest BCUT2D eigenvalue weighted by atomic mass is 10.1. The number of nitro groups is 1. The van der Waals surface area contributed by atoms with Gasteiger partial charge in [0, 0.05) is 12.1 Å². The van der Waals surface area contributed by atoms with Crippen molar-refractivity contribution < 1.29 is 24.4 Å². The molecule has 1 aliphatic rings. The first-order valence-corrected chi connectivity index (χ1v) is 7.80. The van der Waals surface area contributed by atoms with Crippen LogP contribution >= 0.6 is 11.6 Å². The van der Waals surface area contributed by atoms with Gasteiger partial charge in [0.25, 0.3) is 17.5 Å². The average molecular weight is 388 g/mol. The first kappa shape index (κ1) is 18.1. The van der Waals surface area contributed by atoms with E-state index < -0.39 is 22.8 Å². The molecule has 0 saturated carbocycles. The van der Waals surface area contributed by atoms with Gasteiger partial charge in [0.15, 0.2) is 0 Å². The third-order valence-electron chi connectivity index (χ3n) is 3.68. The predicted octanol–water partition coefficient (Wildman–Crippen LogP) is 2.62. The Bertz CT molecular complexity index is 1030. The minimum Gasteiger partial charge on any atom is -0.506 e. The third kappa shape index (κ3) is 3.48. The molecule has 2 aromatic carbocycles. The maximum absolute atomic E-state index is 12.7. The lowest BCUT2D eigenvalue weighted by Crippen LogP contribution is -2.54. The van der Waals surface area contributed by atoms with Crippen molar-refractivity contribution in [2.24, 2.45) is 0 Å². The second kappa shape index (κ2) is 6.89. The molecule has 10 heteroatoms. The Labute approximate surface area is 156 Å². The molecule has 0 unspecified atom stereocenters. The van der Waals surface area contributed by atoms with Crippen molar-refractivity contribution >= 4 is 46.9 Å². The molecular formula is C17H10ClN3O6. The number of nitrogens with one attached hydrogen (secondary N) is 1. The molecule has 136 valence electrons. The van der Waals surface area contributed by atoms with Crippen LogP contribution in [0.4, 0.5) is 16.2 Å². The number of amides is 4. The van der Waals surface area contributed by atoms with Gasteiger partial charge in [-0.25, -0.2) is 9.69 Å². The van der Waals surface area contributed by atoms with E-state index in [1.807, 2.05) is 5.32 Å². The zero-order valence-electron chi connectivity index (χ0n) is 13.4. The van der Waals surface area contributed by atoms with Gasteiger partial charge >= 0.3 is 6.03 Å². The second-order valence-corrected chi connectivity index (χ2v) is 5.85. The number of phenols is 1. The molecule has 1 aliphatic heterocycles. The Morgan fingerprint density at radius 3 is 2.56 bits per heavy atom. The molecule has 0 aliphatic carbocycles. The number of carbonyl (C=O) groups excluding carboxylic acids is 3. The summed E-state index contributed by atoms with van der Waals surface area (Å²) in [7, 11) is 0. The van der Waals surface area contributed by atoms with Crippen LogP contribution in [0.2, 0.25) is 5.02 Å². The minimum atomic E-state index is -1.02. The molecule has 0 aromatic heterocycles. The van der Waals surface area contributed by atoms with Gasteiger partial charge in [-0.3, -0.25) is 25.0 Å². The van der Waals surface area contributed by atoms with E-state index in [4.69, 9.17) is 11.6 Å². The largest absolute Gasteiger partial charge is 0.506 e. The highest BCUT2D eigenvalue weighted by Crippen LogP contribution is 2.27. The summed E-state index contributed by atoms with van der Waals surface area (Å²) in [6.45, 7) is 0. The smallest absolute Gasteiger partial charge is 0.335 e. The number of urea groups is 1. The molecule has 0 spiro atoms. The number of imide groups is 2. The summed E-state index contributed by atoms with van der Waals surface area (Å²) in [6.07, 6.45) is 1.19. The molecule has 9 nitrogen and oxygen atoms in total. The van der Waals surface area contributed by atoms with E-state index in [9.17, 15) is 29.6 Å². The quantitative estimate of drug-likeness (QED) is 0.360. The molecule has 0 atom stereocenters. The topological polar surface area (TPSA) is 130 Å². The number of hydrogen-bond acceptors (Lipinski definition) is 6. The summed E-state index contributed by atoms with van der Waals surface area (Å²) in [5, 5.41) is 22.4. The lowest BCUT2D eigenvalue weighted by Gasteiger charge is -2.26. The number of benzene rings is 2. The number of aromatic hydroxyl groups is 1. The van der Waals surface area contributed by atoms with Gasteiger partial charge < -0.3 is 5.11 Å². The Hall–Kier alpha value is -3.72. The van der Waals surface area contributed by atoms with E-state index in [1.165, 1.54) is 42.5 Å². The van der Waals surface area contributed by atoms with Crippen LogP contribution in [0.15, 0.2) is 48.0 Å². The van der Waals surface area contributed by atoms with E-state index in [-0.39, 0.29) is 27.7 Å². The van der Waals surface area contributed by atoms with Crippen molar-refractivity contribution in [1.82, 2.24) is 5.32 Å². The van der Waals surface area contributed by atoms with Gasteiger partial charge in [-0.1, -0.05) is 23.7 Å². The molecule has 2 N–H and O–H groups in total. The fourth-order valence-corrected chi connectivity index (χ4v) is 2.61.